The maximum Gasteiger partial charge on any atom is 0.245 e. The third-order valence-corrected chi connectivity index (χ3v) is 3.09. The van der Waals surface area contributed by atoms with Crippen molar-refractivity contribution < 1.29 is 4.79 Å². The van der Waals surface area contributed by atoms with E-state index in [1.54, 1.807) is 18.3 Å². The monoisotopic (exact) mass is 305 g/mol. The average Bonchev–Trinajstić information content (AvgIpc) is 2.41. The lowest BCUT2D eigenvalue weighted by Gasteiger charge is -2.13. The molecule has 0 fully saturated rings. The van der Waals surface area contributed by atoms with Crippen LogP contribution in [0.4, 0.5) is 5.69 Å². The number of carbonyl (C=O) groups is 1. The van der Waals surface area contributed by atoms with Gasteiger partial charge in [0.25, 0.3) is 0 Å². The molecule has 0 saturated carbocycles. The van der Waals surface area contributed by atoms with Gasteiger partial charge < -0.3 is 11.1 Å². The second-order valence-electron chi connectivity index (χ2n) is 3.72. The van der Waals surface area contributed by atoms with Gasteiger partial charge in [-0.05, 0) is 33.6 Å². The lowest BCUT2D eigenvalue weighted by molar-refractivity contribution is -0.117. The minimum atomic E-state index is -0.696. The van der Waals surface area contributed by atoms with Crippen LogP contribution in [-0.4, -0.2) is 10.9 Å². The molecule has 0 bridgehead atoms. The number of nitrogens with two attached hydrogens (primary N) is 1. The van der Waals surface area contributed by atoms with E-state index in [2.05, 4.69) is 26.2 Å². The van der Waals surface area contributed by atoms with Crippen molar-refractivity contribution in [1.82, 2.24) is 4.98 Å². The van der Waals surface area contributed by atoms with E-state index >= 15 is 0 Å². The molecule has 5 heteroatoms. The van der Waals surface area contributed by atoms with E-state index in [-0.39, 0.29) is 5.91 Å². The molecule has 0 unspecified atom stereocenters. The van der Waals surface area contributed by atoms with Crippen LogP contribution >= 0.6 is 15.9 Å². The van der Waals surface area contributed by atoms with Gasteiger partial charge in [-0.25, -0.2) is 4.98 Å². The highest BCUT2D eigenvalue weighted by Crippen LogP contribution is 2.20. The minimum Gasteiger partial charge on any atom is -0.322 e. The zero-order valence-corrected chi connectivity index (χ0v) is 11.1. The molecular formula is C13H12BrN3O. The molecule has 92 valence electrons. The smallest absolute Gasteiger partial charge is 0.245 e. The van der Waals surface area contributed by atoms with Gasteiger partial charge in [0, 0.05) is 6.20 Å². The summed E-state index contributed by atoms with van der Waals surface area (Å²) >= 11 is 3.26. The first-order valence-electron chi connectivity index (χ1n) is 5.40. The van der Waals surface area contributed by atoms with Gasteiger partial charge in [0.1, 0.15) is 10.6 Å². The van der Waals surface area contributed by atoms with Gasteiger partial charge >= 0.3 is 0 Å². The third kappa shape index (κ3) is 2.94. The Labute approximate surface area is 113 Å². The number of benzene rings is 1. The lowest BCUT2D eigenvalue weighted by atomic mass is 10.1. The molecule has 0 aliphatic heterocycles. The van der Waals surface area contributed by atoms with E-state index in [1.165, 1.54) is 0 Å². The van der Waals surface area contributed by atoms with Crippen LogP contribution in [0.2, 0.25) is 0 Å². The number of aromatic nitrogens is 1. The lowest BCUT2D eigenvalue weighted by Crippen LogP contribution is -2.27. The molecule has 4 nitrogen and oxygen atoms in total. The van der Waals surface area contributed by atoms with Crippen molar-refractivity contribution in [3.05, 3.63) is 58.8 Å². The summed E-state index contributed by atoms with van der Waals surface area (Å²) in [6.45, 7) is 0. The van der Waals surface area contributed by atoms with Crippen molar-refractivity contribution >= 4 is 27.5 Å². The Hall–Kier alpha value is -1.72. The van der Waals surface area contributed by atoms with E-state index in [4.69, 9.17) is 5.73 Å². The van der Waals surface area contributed by atoms with Crippen LogP contribution in [-0.2, 0) is 4.79 Å². The molecule has 18 heavy (non-hydrogen) atoms. The zero-order valence-electron chi connectivity index (χ0n) is 9.51. The Morgan fingerprint density at radius 3 is 2.61 bits per heavy atom. The number of rotatable bonds is 3. The van der Waals surface area contributed by atoms with Crippen molar-refractivity contribution in [3.8, 4) is 0 Å². The molecule has 0 saturated heterocycles. The number of hydrogen-bond donors (Lipinski definition) is 2. The number of halogens is 1. The van der Waals surface area contributed by atoms with Gasteiger partial charge in [0.15, 0.2) is 0 Å². The number of pyridine rings is 1. The van der Waals surface area contributed by atoms with Crippen molar-refractivity contribution in [2.45, 2.75) is 6.04 Å². The molecule has 1 heterocycles. The van der Waals surface area contributed by atoms with Gasteiger partial charge in [0.05, 0.1) is 5.69 Å². The molecule has 0 spiro atoms. The van der Waals surface area contributed by atoms with E-state index in [9.17, 15) is 4.79 Å². The Bertz CT molecular complexity index is 545. The highest BCUT2D eigenvalue weighted by molar-refractivity contribution is 9.10. The van der Waals surface area contributed by atoms with Crippen molar-refractivity contribution in [2.75, 3.05) is 5.32 Å². The maximum absolute atomic E-state index is 12.0. The van der Waals surface area contributed by atoms with Gasteiger partial charge in [-0.2, -0.15) is 0 Å². The number of carbonyl (C=O) groups excluding carboxylic acids is 1. The summed E-state index contributed by atoms with van der Waals surface area (Å²) in [5, 5.41) is 2.74. The van der Waals surface area contributed by atoms with Crippen LogP contribution < -0.4 is 11.1 Å². The molecule has 1 amide bonds. The van der Waals surface area contributed by atoms with E-state index in [1.807, 2.05) is 30.3 Å². The number of hydrogen-bond acceptors (Lipinski definition) is 3. The molecule has 1 aromatic heterocycles. The van der Waals surface area contributed by atoms with Crippen LogP contribution in [0.25, 0.3) is 0 Å². The van der Waals surface area contributed by atoms with Crippen molar-refractivity contribution in [2.24, 2.45) is 5.73 Å². The van der Waals surface area contributed by atoms with Crippen LogP contribution in [0.3, 0.4) is 0 Å². The summed E-state index contributed by atoms with van der Waals surface area (Å²) in [5.41, 5.74) is 7.27. The predicted molar refractivity (Wildman–Crippen MR) is 73.9 cm³/mol. The largest absolute Gasteiger partial charge is 0.322 e. The molecule has 1 aromatic carbocycles. The Morgan fingerprint density at radius 2 is 1.94 bits per heavy atom. The van der Waals surface area contributed by atoms with Crippen molar-refractivity contribution in [3.63, 3.8) is 0 Å². The van der Waals surface area contributed by atoms with Gasteiger partial charge in [0.2, 0.25) is 5.91 Å². The van der Waals surface area contributed by atoms with E-state index in [0.717, 1.165) is 5.56 Å². The molecular weight excluding hydrogens is 294 g/mol. The highest BCUT2D eigenvalue weighted by Gasteiger charge is 2.16. The van der Waals surface area contributed by atoms with Gasteiger partial charge in [-0.3, -0.25) is 4.79 Å². The zero-order chi connectivity index (χ0) is 13.0. The second kappa shape index (κ2) is 5.75. The quantitative estimate of drug-likeness (QED) is 0.856. The summed E-state index contributed by atoms with van der Waals surface area (Å²) < 4.78 is 0.582. The van der Waals surface area contributed by atoms with Crippen LogP contribution in [0.15, 0.2) is 53.3 Å². The molecule has 1 atom stereocenters. The molecule has 0 radical (unpaired) electrons. The predicted octanol–water partition coefficient (Wildman–Crippen LogP) is 2.48. The topological polar surface area (TPSA) is 68.0 Å². The third-order valence-electron chi connectivity index (χ3n) is 2.46. The van der Waals surface area contributed by atoms with Gasteiger partial charge in [-0.15, -0.1) is 0 Å². The highest BCUT2D eigenvalue weighted by atomic mass is 79.9. The Kier molecular flexibility index (Phi) is 4.07. The summed E-state index contributed by atoms with van der Waals surface area (Å²) in [5.74, 6) is -0.269. The van der Waals surface area contributed by atoms with E-state index in [0.29, 0.717) is 10.3 Å². The molecule has 2 aromatic rings. The number of amides is 1. The number of nitrogens with zero attached hydrogens (tertiary/aromatic N) is 1. The van der Waals surface area contributed by atoms with Crippen LogP contribution in [0.1, 0.15) is 11.6 Å². The number of nitrogens with one attached hydrogen (secondary N) is 1. The first kappa shape index (κ1) is 12.7. The molecule has 0 aliphatic rings. The average molecular weight is 306 g/mol. The minimum absolute atomic E-state index is 0.269. The van der Waals surface area contributed by atoms with E-state index < -0.39 is 6.04 Å². The Balaban J connectivity index is 2.12. The summed E-state index contributed by atoms with van der Waals surface area (Å²) in [4.78, 5) is 16.0. The molecule has 0 aliphatic carbocycles. The fraction of sp³-hybridized carbons (Fsp3) is 0.0769. The van der Waals surface area contributed by atoms with Gasteiger partial charge in [-0.1, -0.05) is 30.3 Å². The Morgan fingerprint density at radius 1 is 1.22 bits per heavy atom. The fourth-order valence-corrected chi connectivity index (χ4v) is 1.85. The normalized spacial score (nSPS) is 11.9. The summed E-state index contributed by atoms with van der Waals surface area (Å²) in [6, 6.07) is 12.0. The van der Waals surface area contributed by atoms with Crippen LogP contribution in [0.5, 0.6) is 0 Å². The first-order valence-corrected chi connectivity index (χ1v) is 6.19. The SMILES string of the molecule is N[C@H](C(=O)Nc1cccnc1Br)c1ccccc1. The van der Waals surface area contributed by atoms with Crippen molar-refractivity contribution in [1.29, 1.82) is 0 Å². The maximum atomic E-state index is 12.0. The fourth-order valence-electron chi connectivity index (χ4n) is 1.50. The molecule has 3 N–H and O–H groups in total. The number of anilines is 1. The standard InChI is InChI=1S/C13H12BrN3O/c14-12-10(7-4-8-16-12)17-13(18)11(15)9-5-2-1-3-6-9/h1-8,11H,15H2,(H,17,18)/t11-/m0/s1. The summed E-state index contributed by atoms with van der Waals surface area (Å²) in [6.07, 6.45) is 1.64. The second-order valence-corrected chi connectivity index (χ2v) is 4.47. The molecule has 2 rings (SSSR count). The first-order chi connectivity index (χ1) is 8.68. The summed E-state index contributed by atoms with van der Waals surface area (Å²) in [7, 11) is 0. The van der Waals surface area contributed by atoms with Crippen LogP contribution in [0, 0.1) is 0 Å².